The van der Waals surface area contributed by atoms with Gasteiger partial charge in [0.05, 0.1) is 11.0 Å². The number of para-hydroxylation sites is 2. The fourth-order valence-corrected chi connectivity index (χ4v) is 3.34. The van der Waals surface area contributed by atoms with Crippen molar-refractivity contribution in [3.05, 3.63) is 62.6 Å². The number of aromatic nitrogens is 2. The third-order valence-electron chi connectivity index (χ3n) is 3.91. The van der Waals surface area contributed by atoms with Crippen LogP contribution in [0.1, 0.15) is 13.3 Å². The average Bonchev–Trinajstić information content (AvgIpc) is 2.84. The molecular weight excluding hydrogens is 417 g/mol. The molecule has 3 aromatic rings. The first-order valence-corrected chi connectivity index (χ1v) is 8.91. The third-order valence-corrected chi connectivity index (χ3v) is 4.58. The molecule has 0 fully saturated rings. The number of hydrogen-bond acceptors (Lipinski definition) is 2. The number of imidazole rings is 1. The van der Waals surface area contributed by atoms with E-state index in [1.165, 1.54) is 0 Å². The highest BCUT2D eigenvalue weighted by atomic mass is 127. The smallest absolute Gasteiger partial charge is 0.326 e. The maximum absolute atomic E-state index is 12.5. The van der Waals surface area contributed by atoms with Gasteiger partial charge in [0.2, 0.25) is 5.91 Å². The summed E-state index contributed by atoms with van der Waals surface area (Å²) in [7, 11) is 0. The number of halogens is 1. The van der Waals surface area contributed by atoms with Gasteiger partial charge in [0.15, 0.2) is 0 Å². The summed E-state index contributed by atoms with van der Waals surface area (Å²) in [6.07, 6.45) is 0.253. The molecule has 0 saturated heterocycles. The second kappa shape index (κ2) is 7.21. The van der Waals surface area contributed by atoms with Crippen LogP contribution in [0.3, 0.4) is 0 Å². The van der Waals surface area contributed by atoms with E-state index in [-0.39, 0.29) is 18.0 Å². The predicted octanol–water partition coefficient (Wildman–Crippen LogP) is 3.46. The van der Waals surface area contributed by atoms with Crippen LogP contribution >= 0.6 is 22.6 Å². The van der Waals surface area contributed by atoms with Gasteiger partial charge in [0, 0.05) is 28.8 Å². The molecule has 3 rings (SSSR count). The molecule has 124 valence electrons. The first-order chi connectivity index (χ1) is 11.6. The zero-order valence-electron chi connectivity index (χ0n) is 13.3. The molecule has 0 aliphatic heterocycles. The van der Waals surface area contributed by atoms with Gasteiger partial charge in [-0.3, -0.25) is 13.9 Å². The second-order valence-corrected chi connectivity index (χ2v) is 6.72. The average molecular weight is 435 g/mol. The molecular formula is C18H18IN3O2. The standard InChI is InChI=1S/C18H18IN3O2/c1-2-21-15-8-3-4-9-16(15)22(18(21)24)11-10-17(23)20-14-7-5-6-13(19)12-14/h3-9,12H,2,10-11H2,1H3,(H,20,23). The second-order valence-electron chi connectivity index (χ2n) is 5.48. The van der Waals surface area contributed by atoms with E-state index in [0.717, 1.165) is 20.3 Å². The van der Waals surface area contributed by atoms with Gasteiger partial charge in [0.1, 0.15) is 0 Å². The molecule has 0 aliphatic carbocycles. The van der Waals surface area contributed by atoms with E-state index < -0.39 is 0 Å². The Morgan fingerprint density at radius 2 is 1.79 bits per heavy atom. The summed E-state index contributed by atoms with van der Waals surface area (Å²) in [6, 6.07) is 15.3. The molecule has 0 unspecified atom stereocenters. The maximum Gasteiger partial charge on any atom is 0.329 e. The number of fused-ring (bicyclic) bond motifs is 1. The molecule has 1 N–H and O–H groups in total. The summed E-state index contributed by atoms with van der Waals surface area (Å²) >= 11 is 2.20. The molecule has 0 aliphatic rings. The van der Waals surface area contributed by atoms with Crippen molar-refractivity contribution in [2.45, 2.75) is 26.4 Å². The van der Waals surface area contributed by atoms with Gasteiger partial charge < -0.3 is 5.32 Å². The number of rotatable bonds is 5. The quantitative estimate of drug-likeness (QED) is 0.625. The Kier molecular flexibility index (Phi) is 5.03. The molecule has 5 nitrogen and oxygen atoms in total. The summed E-state index contributed by atoms with van der Waals surface area (Å²) < 4.78 is 4.47. The molecule has 2 aromatic carbocycles. The van der Waals surface area contributed by atoms with E-state index in [1.54, 1.807) is 9.13 Å². The van der Waals surface area contributed by atoms with E-state index >= 15 is 0 Å². The molecule has 0 radical (unpaired) electrons. The van der Waals surface area contributed by atoms with E-state index in [2.05, 4.69) is 27.9 Å². The Morgan fingerprint density at radius 1 is 1.08 bits per heavy atom. The molecule has 6 heteroatoms. The summed E-state index contributed by atoms with van der Waals surface area (Å²) in [5, 5.41) is 2.88. The zero-order chi connectivity index (χ0) is 17.1. The molecule has 1 aromatic heterocycles. The molecule has 0 bridgehead atoms. The third kappa shape index (κ3) is 3.38. The van der Waals surface area contributed by atoms with Gasteiger partial charge in [-0.1, -0.05) is 18.2 Å². The first kappa shape index (κ1) is 16.8. The number of nitrogens with one attached hydrogen (secondary N) is 1. The van der Waals surface area contributed by atoms with Crippen molar-refractivity contribution >= 4 is 45.2 Å². The minimum absolute atomic E-state index is 0.0687. The summed E-state index contributed by atoms with van der Waals surface area (Å²) in [6.45, 7) is 2.92. The lowest BCUT2D eigenvalue weighted by Gasteiger charge is -2.06. The number of amides is 1. The van der Waals surface area contributed by atoms with Crippen molar-refractivity contribution in [1.29, 1.82) is 0 Å². The Morgan fingerprint density at radius 3 is 2.46 bits per heavy atom. The molecule has 0 atom stereocenters. The van der Waals surface area contributed by atoms with Crippen LogP contribution < -0.4 is 11.0 Å². The molecule has 0 spiro atoms. The number of carbonyl (C=O) groups excluding carboxylic acids is 1. The lowest BCUT2D eigenvalue weighted by Crippen LogP contribution is -2.25. The van der Waals surface area contributed by atoms with Gasteiger partial charge in [-0.15, -0.1) is 0 Å². The van der Waals surface area contributed by atoms with E-state index in [1.807, 2.05) is 55.5 Å². The number of benzene rings is 2. The van der Waals surface area contributed by atoms with Gasteiger partial charge in [-0.05, 0) is 59.8 Å². The van der Waals surface area contributed by atoms with Crippen LogP contribution in [0.5, 0.6) is 0 Å². The lowest BCUT2D eigenvalue weighted by molar-refractivity contribution is -0.116. The van der Waals surface area contributed by atoms with Gasteiger partial charge in [-0.25, -0.2) is 4.79 Å². The summed E-state index contributed by atoms with van der Waals surface area (Å²) in [4.78, 5) is 24.7. The molecule has 1 amide bonds. The van der Waals surface area contributed by atoms with Crippen molar-refractivity contribution in [2.75, 3.05) is 5.32 Å². The largest absolute Gasteiger partial charge is 0.329 e. The normalized spacial score (nSPS) is 10.9. The Bertz CT molecular complexity index is 943. The number of aryl methyl sites for hydroxylation is 2. The zero-order valence-corrected chi connectivity index (χ0v) is 15.5. The van der Waals surface area contributed by atoms with E-state index in [0.29, 0.717) is 13.1 Å². The Balaban J connectivity index is 1.77. The predicted molar refractivity (Wildman–Crippen MR) is 104 cm³/mol. The number of nitrogens with zero attached hydrogens (tertiary/aromatic N) is 2. The van der Waals surface area contributed by atoms with Crippen LogP contribution in [0.2, 0.25) is 0 Å². The maximum atomic E-state index is 12.5. The highest BCUT2D eigenvalue weighted by Gasteiger charge is 2.12. The molecule has 24 heavy (non-hydrogen) atoms. The Hall–Kier alpha value is -2.09. The minimum Gasteiger partial charge on any atom is -0.326 e. The minimum atomic E-state index is -0.0998. The van der Waals surface area contributed by atoms with Crippen LogP contribution in [0.25, 0.3) is 11.0 Å². The topological polar surface area (TPSA) is 56.0 Å². The van der Waals surface area contributed by atoms with Crippen LogP contribution in [0.4, 0.5) is 5.69 Å². The highest BCUT2D eigenvalue weighted by molar-refractivity contribution is 14.1. The lowest BCUT2D eigenvalue weighted by atomic mass is 10.3. The fourth-order valence-electron chi connectivity index (χ4n) is 2.80. The van der Waals surface area contributed by atoms with Crippen LogP contribution in [0.15, 0.2) is 53.3 Å². The monoisotopic (exact) mass is 435 g/mol. The van der Waals surface area contributed by atoms with Crippen LogP contribution in [0, 0.1) is 3.57 Å². The summed E-state index contributed by atoms with van der Waals surface area (Å²) in [5.41, 5.74) is 2.48. The van der Waals surface area contributed by atoms with Crippen LogP contribution in [-0.4, -0.2) is 15.0 Å². The van der Waals surface area contributed by atoms with Crippen molar-refractivity contribution < 1.29 is 4.79 Å². The van der Waals surface area contributed by atoms with Crippen molar-refractivity contribution in [3.63, 3.8) is 0 Å². The van der Waals surface area contributed by atoms with Gasteiger partial charge in [-0.2, -0.15) is 0 Å². The SMILES string of the molecule is CCn1c(=O)n(CCC(=O)Nc2cccc(I)c2)c2ccccc21. The fraction of sp³-hybridized carbons (Fsp3) is 0.222. The Labute approximate surface area is 153 Å². The number of anilines is 1. The highest BCUT2D eigenvalue weighted by Crippen LogP contribution is 2.14. The van der Waals surface area contributed by atoms with Crippen molar-refractivity contribution in [1.82, 2.24) is 9.13 Å². The van der Waals surface area contributed by atoms with Gasteiger partial charge >= 0.3 is 5.69 Å². The summed E-state index contributed by atoms with van der Waals surface area (Å²) in [5.74, 6) is -0.0998. The van der Waals surface area contributed by atoms with E-state index in [4.69, 9.17) is 0 Å². The van der Waals surface area contributed by atoms with Crippen molar-refractivity contribution in [3.8, 4) is 0 Å². The molecule has 1 heterocycles. The van der Waals surface area contributed by atoms with Crippen molar-refractivity contribution in [2.24, 2.45) is 0 Å². The van der Waals surface area contributed by atoms with Crippen LogP contribution in [-0.2, 0) is 17.9 Å². The van der Waals surface area contributed by atoms with E-state index in [9.17, 15) is 9.59 Å². The number of carbonyl (C=O) groups is 1. The molecule has 0 saturated carbocycles. The first-order valence-electron chi connectivity index (χ1n) is 7.83. The number of hydrogen-bond donors (Lipinski definition) is 1. The van der Waals surface area contributed by atoms with Gasteiger partial charge in [0.25, 0.3) is 0 Å².